The van der Waals surface area contributed by atoms with Crippen molar-refractivity contribution in [3.63, 3.8) is 0 Å². The van der Waals surface area contributed by atoms with Crippen molar-refractivity contribution in [1.82, 2.24) is 10.2 Å². The molecule has 3 aromatic carbocycles. The van der Waals surface area contributed by atoms with Gasteiger partial charge in [0, 0.05) is 37.5 Å². The van der Waals surface area contributed by atoms with Crippen LogP contribution in [0.3, 0.4) is 0 Å². The number of sulfonamides is 1. The number of amides is 2. The van der Waals surface area contributed by atoms with Crippen LogP contribution in [0.1, 0.15) is 49.3 Å². The van der Waals surface area contributed by atoms with Crippen LogP contribution in [0.15, 0.2) is 78.9 Å². The highest BCUT2D eigenvalue weighted by Crippen LogP contribution is 2.22. The number of halogens is 1. The molecule has 2 amide bonds. The number of nitrogens with zero attached hydrogens (tertiary/aromatic N) is 2. The molecule has 220 valence electrons. The van der Waals surface area contributed by atoms with Gasteiger partial charge in [-0.15, -0.1) is 0 Å². The van der Waals surface area contributed by atoms with Gasteiger partial charge in [-0.05, 0) is 60.7 Å². The first kappa shape index (κ1) is 32.2. The number of aryl methyl sites for hydroxylation is 1. The van der Waals surface area contributed by atoms with Crippen LogP contribution in [0.2, 0.25) is 5.02 Å². The lowest BCUT2D eigenvalue weighted by atomic mass is 10.0. The molecule has 0 fully saturated rings. The van der Waals surface area contributed by atoms with E-state index in [1.807, 2.05) is 67.6 Å². The molecule has 0 aliphatic carbocycles. The first-order valence-corrected chi connectivity index (χ1v) is 16.2. The summed E-state index contributed by atoms with van der Waals surface area (Å²) in [7, 11) is -3.56. The van der Waals surface area contributed by atoms with Crippen molar-refractivity contribution in [3.05, 3.63) is 101 Å². The molecule has 0 aliphatic rings. The fraction of sp³-hybridized carbons (Fsp3) is 0.375. The lowest BCUT2D eigenvalue weighted by Crippen LogP contribution is -2.50. The highest BCUT2D eigenvalue weighted by Gasteiger charge is 2.30. The van der Waals surface area contributed by atoms with E-state index in [9.17, 15) is 18.0 Å². The van der Waals surface area contributed by atoms with E-state index in [0.717, 1.165) is 29.5 Å². The van der Waals surface area contributed by atoms with E-state index in [4.69, 9.17) is 11.6 Å². The van der Waals surface area contributed by atoms with Crippen molar-refractivity contribution >= 4 is 39.1 Å². The van der Waals surface area contributed by atoms with Crippen molar-refractivity contribution in [3.8, 4) is 0 Å². The SMILES string of the molecule is CCCCNC(=O)C(Cc1ccccc1)N(Cc1cccc(Cl)c1)C(=O)CCCN(c1cccc(C)c1)S(C)(=O)=O. The van der Waals surface area contributed by atoms with Gasteiger partial charge in [0.1, 0.15) is 6.04 Å². The van der Waals surface area contributed by atoms with E-state index in [1.54, 1.807) is 23.1 Å². The van der Waals surface area contributed by atoms with E-state index >= 15 is 0 Å². The molecule has 0 saturated heterocycles. The van der Waals surface area contributed by atoms with E-state index in [-0.39, 0.29) is 31.3 Å². The van der Waals surface area contributed by atoms with Gasteiger partial charge in [-0.2, -0.15) is 0 Å². The molecule has 0 aliphatic heterocycles. The van der Waals surface area contributed by atoms with Crippen LogP contribution in [-0.4, -0.2) is 50.5 Å². The Morgan fingerprint density at radius 2 is 1.63 bits per heavy atom. The number of nitrogens with one attached hydrogen (secondary N) is 1. The van der Waals surface area contributed by atoms with Crippen LogP contribution >= 0.6 is 11.6 Å². The van der Waals surface area contributed by atoms with Crippen molar-refractivity contribution < 1.29 is 18.0 Å². The number of hydrogen-bond donors (Lipinski definition) is 1. The summed E-state index contributed by atoms with van der Waals surface area (Å²) in [5.41, 5.74) is 3.25. The summed E-state index contributed by atoms with van der Waals surface area (Å²) in [5, 5.41) is 3.56. The molecule has 1 N–H and O–H groups in total. The van der Waals surface area contributed by atoms with Crippen molar-refractivity contribution in [2.24, 2.45) is 0 Å². The summed E-state index contributed by atoms with van der Waals surface area (Å²) in [4.78, 5) is 29.0. The normalized spacial score (nSPS) is 12.0. The molecule has 0 bridgehead atoms. The zero-order valence-electron chi connectivity index (χ0n) is 24.1. The zero-order valence-corrected chi connectivity index (χ0v) is 25.6. The summed E-state index contributed by atoms with van der Waals surface area (Å²) in [6, 6.07) is 23.4. The first-order valence-electron chi connectivity index (χ1n) is 14.0. The number of hydrogen-bond acceptors (Lipinski definition) is 4. The molecule has 0 aromatic heterocycles. The molecule has 3 aromatic rings. The average Bonchev–Trinajstić information content (AvgIpc) is 2.93. The highest BCUT2D eigenvalue weighted by molar-refractivity contribution is 7.92. The van der Waals surface area contributed by atoms with Crippen molar-refractivity contribution in [2.45, 2.75) is 58.5 Å². The van der Waals surface area contributed by atoms with Crippen LogP contribution in [0.5, 0.6) is 0 Å². The minimum atomic E-state index is -3.56. The van der Waals surface area contributed by atoms with E-state index in [2.05, 4.69) is 12.2 Å². The minimum absolute atomic E-state index is 0.0753. The van der Waals surface area contributed by atoms with E-state index in [0.29, 0.717) is 30.1 Å². The molecule has 1 atom stereocenters. The van der Waals surface area contributed by atoms with Crippen molar-refractivity contribution in [2.75, 3.05) is 23.7 Å². The van der Waals surface area contributed by atoms with Crippen molar-refractivity contribution in [1.29, 1.82) is 0 Å². The van der Waals surface area contributed by atoms with Gasteiger partial charge in [-0.1, -0.05) is 79.5 Å². The molecule has 9 heteroatoms. The molecule has 0 radical (unpaired) electrons. The Balaban J connectivity index is 1.87. The van der Waals surface area contributed by atoms with Gasteiger partial charge in [0.2, 0.25) is 21.8 Å². The molecule has 7 nitrogen and oxygen atoms in total. The molecule has 41 heavy (non-hydrogen) atoms. The number of carbonyl (C=O) groups excluding carboxylic acids is 2. The standard InChI is InChI=1S/C32H40ClN3O4S/c1-4-5-19-34-32(38)30(23-26-13-7-6-8-14-26)35(24-27-15-10-16-28(33)22-27)31(37)18-11-20-36(41(3,39)40)29-17-9-12-25(2)21-29/h6-10,12-17,21-22,30H,4-5,11,18-20,23-24H2,1-3H3,(H,34,38). The molecular weight excluding hydrogens is 558 g/mol. The quantitative estimate of drug-likeness (QED) is 0.226. The molecular formula is C32H40ClN3O4S. The summed E-state index contributed by atoms with van der Waals surface area (Å²) in [6.07, 6.45) is 3.66. The van der Waals surface area contributed by atoms with Gasteiger partial charge in [0.15, 0.2) is 0 Å². The third-order valence-corrected chi connectivity index (χ3v) is 8.21. The third kappa shape index (κ3) is 10.2. The predicted molar refractivity (Wildman–Crippen MR) is 166 cm³/mol. The maximum Gasteiger partial charge on any atom is 0.243 e. The smallest absolute Gasteiger partial charge is 0.243 e. The van der Waals surface area contributed by atoms with Crippen LogP contribution in [0.25, 0.3) is 0 Å². The minimum Gasteiger partial charge on any atom is -0.354 e. The number of rotatable bonds is 15. The molecule has 0 saturated carbocycles. The van der Waals surface area contributed by atoms with Crippen LogP contribution in [0, 0.1) is 6.92 Å². The van der Waals surface area contributed by atoms with Crippen LogP contribution in [-0.2, 0) is 32.6 Å². The summed E-state index contributed by atoms with van der Waals surface area (Å²) < 4.78 is 26.6. The highest BCUT2D eigenvalue weighted by atomic mass is 35.5. The van der Waals surface area contributed by atoms with E-state index in [1.165, 1.54) is 10.6 Å². The van der Waals surface area contributed by atoms with Gasteiger partial charge in [-0.25, -0.2) is 8.42 Å². The Kier molecular flexibility index (Phi) is 12.2. The van der Waals surface area contributed by atoms with Crippen LogP contribution in [0.4, 0.5) is 5.69 Å². The predicted octanol–water partition coefficient (Wildman–Crippen LogP) is 5.75. The summed E-state index contributed by atoms with van der Waals surface area (Å²) >= 11 is 6.25. The Hall–Kier alpha value is -3.36. The largest absolute Gasteiger partial charge is 0.354 e. The number of carbonyl (C=O) groups is 2. The molecule has 1 unspecified atom stereocenters. The van der Waals surface area contributed by atoms with Gasteiger partial charge < -0.3 is 10.2 Å². The Morgan fingerprint density at radius 1 is 0.927 bits per heavy atom. The Morgan fingerprint density at radius 3 is 2.29 bits per heavy atom. The first-order chi connectivity index (χ1) is 19.6. The number of benzene rings is 3. The topological polar surface area (TPSA) is 86.8 Å². The van der Waals surface area contributed by atoms with Gasteiger partial charge >= 0.3 is 0 Å². The number of anilines is 1. The fourth-order valence-corrected chi connectivity index (χ4v) is 5.85. The fourth-order valence-electron chi connectivity index (χ4n) is 4.68. The monoisotopic (exact) mass is 597 g/mol. The molecule has 0 spiro atoms. The molecule has 0 heterocycles. The second-order valence-electron chi connectivity index (χ2n) is 10.3. The maximum absolute atomic E-state index is 13.9. The van der Waals surface area contributed by atoms with Gasteiger partial charge in [-0.3, -0.25) is 13.9 Å². The third-order valence-electron chi connectivity index (χ3n) is 6.78. The Labute approximate surface area is 249 Å². The lowest BCUT2D eigenvalue weighted by Gasteiger charge is -2.32. The second kappa shape index (κ2) is 15.6. The van der Waals surface area contributed by atoms with E-state index < -0.39 is 16.1 Å². The average molecular weight is 598 g/mol. The van der Waals surface area contributed by atoms with Gasteiger partial charge in [0.05, 0.1) is 11.9 Å². The lowest BCUT2D eigenvalue weighted by molar-refractivity contribution is -0.141. The maximum atomic E-state index is 13.9. The van der Waals surface area contributed by atoms with Crippen LogP contribution < -0.4 is 9.62 Å². The molecule has 3 rings (SSSR count). The summed E-state index contributed by atoms with van der Waals surface area (Å²) in [5.74, 6) is -0.440. The van der Waals surface area contributed by atoms with Gasteiger partial charge in [0.25, 0.3) is 0 Å². The number of unbranched alkanes of at least 4 members (excludes halogenated alkanes) is 1. The zero-order chi connectivity index (χ0) is 29.8. The second-order valence-corrected chi connectivity index (χ2v) is 12.6. The summed E-state index contributed by atoms with van der Waals surface area (Å²) in [6.45, 7) is 4.83. The Bertz CT molecular complexity index is 1400.